The summed E-state index contributed by atoms with van der Waals surface area (Å²) in [7, 11) is 0. The fourth-order valence-electron chi connectivity index (χ4n) is 4.05. The maximum Gasteiger partial charge on any atom is 0.332 e. The number of amides is 1. The first-order chi connectivity index (χ1) is 14.0. The first-order valence-corrected chi connectivity index (χ1v) is 9.96. The van der Waals surface area contributed by atoms with Crippen LogP contribution in [0.5, 0.6) is 0 Å². The van der Waals surface area contributed by atoms with Crippen molar-refractivity contribution in [3.63, 3.8) is 0 Å². The number of hydrogen-bond acceptors (Lipinski definition) is 4. The first-order valence-electron chi connectivity index (χ1n) is 9.96. The third-order valence-corrected chi connectivity index (χ3v) is 5.40. The van der Waals surface area contributed by atoms with Gasteiger partial charge in [0, 0.05) is 32.2 Å². The number of likely N-dealkylation sites (tertiary alicyclic amines) is 1. The Hall–Kier alpha value is -2.73. The summed E-state index contributed by atoms with van der Waals surface area (Å²) in [5, 5.41) is 0. The number of anilines is 1. The van der Waals surface area contributed by atoms with Gasteiger partial charge in [-0.1, -0.05) is 36.4 Å². The molecule has 6 heteroatoms. The zero-order valence-electron chi connectivity index (χ0n) is 16.9. The summed E-state index contributed by atoms with van der Waals surface area (Å²) < 4.78 is 19.3. The first kappa shape index (κ1) is 21.0. The minimum absolute atomic E-state index is 0.225. The Morgan fingerprint density at radius 1 is 1.10 bits per heavy atom. The van der Waals surface area contributed by atoms with Crippen LogP contribution in [0.15, 0.2) is 54.6 Å². The Kier molecular flexibility index (Phi) is 6.64. The van der Waals surface area contributed by atoms with Gasteiger partial charge in [-0.25, -0.2) is 9.18 Å². The lowest BCUT2D eigenvalue weighted by atomic mass is 9.84. The van der Waals surface area contributed by atoms with Crippen molar-refractivity contribution in [3.05, 3.63) is 66.0 Å². The van der Waals surface area contributed by atoms with Gasteiger partial charge in [-0.2, -0.15) is 0 Å². The molecule has 0 unspecified atom stereocenters. The monoisotopic (exact) mass is 398 g/mol. The maximum atomic E-state index is 13.9. The highest BCUT2D eigenvalue weighted by Crippen LogP contribution is 2.35. The van der Waals surface area contributed by atoms with Crippen molar-refractivity contribution in [2.45, 2.75) is 38.8 Å². The van der Waals surface area contributed by atoms with Gasteiger partial charge in [-0.3, -0.25) is 14.6 Å². The number of hydrogen-bond donors (Lipinski definition) is 0. The van der Waals surface area contributed by atoms with Crippen LogP contribution in [0.25, 0.3) is 0 Å². The Morgan fingerprint density at radius 3 is 2.38 bits per heavy atom. The molecule has 0 radical (unpaired) electrons. The summed E-state index contributed by atoms with van der Waals surface area (Å²) in [6.07, 6.45) is 0.851. The van der Waals surface area contributed by atoms with Gasteiger partial charge in [-0.15, -0.1) is 0 Å². The van der Waals surface area contributed by atoms with E-state index >= 15 is 0 Å². The third kappa shape index (κ3) is 4.65. The molecule has 0 spiro atoms. The summed E-state index contributed by atoms with van der Waals surface area (Å²) >= 11 is 0. The lowest BCUT2D eigenvalue weighted by Gasteiger charge is -2.46. The standard InChI is InChI=1S/C23H27FN2O3/c1-3-29-22(28)23(26(18(2)27)21-11-7-10-20(24)16-21)12-14-25(15-13-23)17-19-8-5-4-6-9-19/h4-11,16H,3,12-15,17H2,1-2H3. The Bertz CT molecular complexity index is 848. The zero-order chi connectivity index (χ0) is 20.9. The van der Waals surface area contributed by atoms with Gasteiger partial charge in [-0.05, 0) is 43.5 Å². The highest BCUT2D eigenvalue weighted by molar-refractivity contribution is 6.01. The summed E-state index contributed by atoms with van der Waals surface area (Å²) in [4.78, 5) is 29.4. The van der Waals surface area contributed by atoms with Crippen LogP contribution < -0.4 is 4.90 Å². The molecule has 0 atom stereocenters. The van der Waals surface area contributed by atoms with Crippen molar-refractivity contribution in [2.24, 2.45) is 0 Å². The fraction of sp³-hybridized carbons (Fsp3) is 0.391. The topological polar surface area (TPSA) is 49.9 Å². The number of carbonyl (C=O) groups is 2. The molecule has 2 aromatic carbocycles. The molecule has 1 aliphatic heterocycles. The minimum Gasteiger partial charge on any atom is -0.464 e. The van der Waals surface area contributed by atoms with Crippen molar-refractivity contribution < 1.29 is 18.7 Å². The van der Waals surface area contributed by atoms with E-state index in [0.717, 1.165) is 6.54 Å². The van der Waals surface area contributed by atoms with Crippen LogP contribution >= 0.6 is 0 Å². The number of rotatable bonds is 6. The molecule has 0 bridgehead atoms. The van der Waals surface area contributed by atoms with Gasteiger partial charge in [0.25, 0.3) is 0 Å². The molecule has 154 valence electrons. The smallest absolute Gasteiger partial charge is 0.332 e. The fourth-order valence-corrected chi connectivity index (χ4v) is 4.05. The zero-order valence-corrected chi connectivity index (χ0v) is 16.9. The number of nitrogens with zero attached hydrogens (tertiary/aromatic N) is 2. The van der Waals surface area contributed by atoms with Gasteiger partial charge < -0.3 is 4.74 Å². The number of carbonyl (C=O) groups excluding carboxylic acids is 2. The van der Waals surface area contributed by atoms with E-state index in [4.69, 9.17) is 4.74 Å². The van der Waals surface area contributed by atoms with Crippen LogP contribution in [0, 0.1) is 5.82 Å². The summed E-state index contributed by atoms with van der Waals surface area (Å²) in [5.74, 6) is -1.19. The van der Waals surface area contributed by atoms with Crippen molar-refractivity contribution in [1.82, 2.24) is 4.90 Å². The van der Waals surface area contributed by atoms with Crippen LogP contribution in [-0.4, -0.2) is 42.0 Å². The Balaban J connectivity index is 1.88. The van der Waals surface area contributed by atoms with Crippen LogP contribution in [0.3, 0.4) is 0 Å². The highest BCUT2D eigenvalue weighted by Gasteiger charge is 2.49. The predicted octanol–water partition coefficient (Wildman–Crippen LogP) is 3.78. The summed E-state index contributed by atoms with van der Waals surface area (Å²) in [5.41, 5.74) is 0.440. The van der Waals surface area contributed by atoms with E-state index < -0.39 is 17.3 Å². The van der Waals surface area contributed by atoms with E-state index in [1.807, 2.05) is 18.2 Å². The second kappa shape index (κ2) is 9.18. The van der Waals surface area contributed by atoms with E-state index in [0.29, 0.717) is 31.6 Å². The van der Waals surface area contributed by atoms with Gasteiger partial charge in [0.05, 0.1) is 6.61 Å². The van der Waals surface area contributed by atoms with Crippen molar-refractivity contribution in [1.29, 1.82) is 0 Å². The van der Waals surface area contributed by atoms with E-state index in [1.54, 1.807) is 19.1 Å². The van der Waals surface area contributed by atoms with Crippen LogP contribution in [-0.2, 0) is 20.9 Å². The number of esters is 1. The quantitative estimate of drug-likeness (QED) is 0.695. The van der Waals surface area contributed by atoms with E-state index in [-0.39, 0.29) is 12.5 Å². The second-order valence-corrected chi connectivity index (χ2v) is 7.35. The van der Waals surface area contributed by atoms with Crippen LogP contribution in [0.2, 0.25) is 0 Å². The van der Waals surface area contributed by atoms with Gasteiger partial charge in [0.1, 0.15) is 11.4 Å². The van der Waals surface area contributed by atoms with Crippen molar-refractivity contribution in [3.8, 4) is 0 Å². The summed E-state index contributed by atoms with van der Waals surface area (Å²) in [6, 6.07) is 15.9. The maximum absolute atomic E-state index is 13.9. The van der Waals surface area contributed by atoms with Crippen LogP contribution in [0.1, 0.15) is 32.3 Å². The number of halogens is 1. The molecule has 0 N–H and O–H groups in total. The molecule has 0 saturated carbocycles. The Morgan fingerprint density at radius 2 is 1.79 bits per heavy atom. The molecular weight excluding hydrogens is 371 g/mol. The normalized spacial score (nSPS) is 16.2. The average Bonchev–Trinajstić information content (AvgIpc) is 2.70. The molecule has 1 fully saturated rings. The molecular formula is C23H27FN2O3. The number of piperidine rings is 1. The number of benzene rings is 2. The van der Waals surface area contributed by atoms with E-state index in [2.05, 4.69) is 17.0 Å². The lowest BCUT2D eigenvalue weighted by molar-refractivity contribution is -0.153. The predicted molar refractivity (Wildman–Crippen MR) is 110 cm³/mol. The molecule has 29 heavy (non-hydrogen) atoms. The molecule has 2 aromatic rings. The molecule has 3 rings (SSSR count). The molecule has 5 nitrogen and oxygen atoms in total. The Labute approximate surface area is 171 Å². The average molecular weight is 398 g/mol. The van der Waals surface area contributed by atoms with E-state index in [9.17, 15) is 14.0 Å². The van der Waals surface area contributed by atoms with Gasteiger partial charge in [0.2, 0.25) is 5.91 Å². The van der Waals surface area contributed by atoms with Crippen LogP contribution in [0.4, 0.5) is 10.1 Å². The summed E-state index contributed by atoms with van der Waals surface area (Å²) in [6.45, 7) is 5.42. The lowest BCUT2D eigenvalue weighted by Crippen LogP contribution is -2.62. The molecule has 0 aromatic heterocycles. The van der Waals surface area contributed by atoms with Gasteiger partial charge in [0.15, 0.2) is 0 Å². The van der Waals surface area contributed by atoms with Gasteiger partial charge >= 0.3 is 5.97 Å². The van der Waals surface area contributed by atoms with Crippen molar-refractivity contribution in [2.75, 3.05) is 24.6 Å². The molecule has 0 aliphatic carbocycles. The van der Waals surface area contributed by atoms with Crippen molar-refractivity contribution >= 4 is 17.6 Å². The SMILES string of the molecule is CCOC(=O)C1(N(C(C)=O)c2cccc(F)c2)CCN(Cc2ccccc2)CC1. The second-order valence-electron chi connectivity index (χ2n) is 7.35. The van der Waals surface area contributed by atoms with E-state index in [1.165, 1.54) is 29.5 Å². The minimum atomic E-state index is -1.14. The third-order valence-electron chi connectivity index (χ3n) is 5.40. The molecule has 1 aliphatic rings. The number of ether oxygens (including phenoxy) is 1. The largest absolute Gasteiger partial charge is 0.464 e. The molecule has 1 saturated heterocycles. The molecule has 1 heterocycles. The highest BCUT2D eigenvalue weighted by atomic mass is 19.1. The molecule has 1 amide bonds.